The minimum absolute atomic E-state index is 0.250. The predicted octanol–water partition coefficient (Wildman–Crippen LogP) is 6.40. The molecule has 0 radical (unpaired) electrons. The lowest BCUT2D eigenvalue weighted by Gasteiger charge is -2.03. The van der Waals surface area contributed by atoms with Crippen LogP contribution in [0.2, 0.25) is 5.15 Å². The first-order valence-corrected chi connectivity index (χ1v) is 11.8. The van der Waals surface area contributed by atoms with Gasteiger partial charge >= 0.3 is 0 Å². The van der Waals surface area contributed by atoms with Crippen LogP contribution in [0.1, 0.15) is 26.3 Å². The van der Waals surface area contributed by atoms with E-state index in [-0.39, 0.29) is 6.61 Å². The highest BCUT2D eigenvalue weighted by molar-refractivity contribution is 6.34. The second-order valence-electron chi connectivity index (χ2n) is 7.29. The number of aryl methyl sites for hydroxylation is 1. The quantitative estimate of drug-likeness (QED) is 0.199. The highest BCUT2D eigenvalue weighted by Crippen LogP contribution is 2.38. The van der Waals surface area contributed by atoms with E-state index in [9.17, 15) is 0 Å². The van der Waals surface area contributed by atoms with Crippen LogP contribution >= 0.6 is 11.6 Å². The van der Waals surface area contributed by atoms with E-state index >= 15 is 0 Å². The Labute approximate surface area is 208 Å². The molecule has 7 nitrogen and oxygen atoms in total. The molecule has 4 aromatic heterocycles. The second kappa shape index (κ2) is 11.8. The van der Waals surface area contributed by atoms with Crippen molar-refractivity contribution >= 4 is 55.3 Å². The highest BCUT2D eigenvalue weighted by atomic mass is 35.5. The molecule has 6 rings (SSSR count). The molecule has 0 unspecified atom stereocenters. The molecular weight excluding hydrogens is 462 g/mol. The van der Waals surface area contributed by atoms with Crippen LogP contribution in [0.3, 0.4) is 0 Å². The number of aliphatic hydroxyl groups is 2. The molecule has 0 saturated carbocycles. The van der Waals surface area contributed by atoms with Crippen molar-refractivity contribution in [1.29, 1.82) is 0 Å². The topological polar surface area (TPSA) is 111 Å². The summed E-state index contributed by atoms with van der Waals surface area (Å²) in [4.78, 5) is 20.8. The maximum absolute atomic E-state index is 7.57. The van der Waals surface area contributed by atoms with E-state index in [4.69, 9.17) is 26.8 Å². The van der Waals surface area contributed by atoms with Gasteiger partial charge in [-0.2, -0.15) is 0 Å². The maximum atomic E-state index is 7.57. The number of aromatic amines is 2. The number of nitrogens with one attached hydrogen (secondary N) is 2. The Morgan fingerprint density at radius 1 is 0.857 bits per heavy atom. The number of nitrogens with zero attached hydrogens (tertiary/aromatic N) is 3. The van der Waals surface area contributed by atoms with Crippen molar-refractivity contribution < 1.29 is 10.2 Å². The van der Waals surface area contributed by atoms with E-state index in [1.807, 2.05) is 44.2 Å². The summed E-state index contributed by atoms with van der Waals surface area (Å²) >= 11 is 6.58. The number of aliphatic hydroxyl groups excluding tert-OH is 2. The Balaban J connectivity index is 0.000000447. The van der Waals surface area contributed by atoms with Crippen molar-refractivity contribution in [3.8, 4) is 11.4 Å². The number of pyridine rings is 2. The van der Waals surface area contributed by atoms with Crippen LogP contribution in [0.15, 0.2) is 54.9 Å². The monoisotopic (exact) mass is 491 g/mol. The largest absolute Gasteiger partial charge is 0.400 e. The van der Waals surface area contributed by atoms with Crippen LogP contribution in [-0.2, 0) is 0 Å². The summed E-state index contributed by atoms with van der Waals surface area (Å²) in [5.74, 6) is 0.735. The first kappa shape index (κ1) is 26.1. The number of imidazole rings is 1. The summed E-state index contributed by atoms with van der Waals surface area (Å²) < 4.78 is 0. The molecule has 2 aromatic carbocycles. The Morgan fingerprint density at radius 2 is 1.46 bits per heavy atom. The second-order valence-corrected chi connectivity index (χ2v) is 7.67. The van der Waals surface area contributed by atoms with Gasteiger partial charge in [0.1, 0.15) is 11.0 Å². The Bertz CT molecular complexity index is 1500. The molecule has 0 aliphatic carbocycles. The van der Waals surface area contributed by atoms with Crippen molar-refractivity contribution in [2.75, 3.05) is 13.7 Å². The van der Waals surface area contributed by atoms with Gasteiger partial charge in [-0.15, -0.1) is 0 Å². The fourth-order valence-electron chi connectivity index (χ4n) is 3.97. The van der Waals surface area contributed by atoms with Gasteiger partial charge in [0.15, 0.2) is 0 Å². The van der Waals surface area contributed by atoms with Gasteiger partial charge in [0.05, 0.1) is 27.6 Å². The van der Waals surface area contributed by atoms with Gasteiger partial charge in [-0.3, -0.25) is 9.97 Å². The highest BCUT2D eigenvalue weighted by Gasteiger charge is 2.19. The molecule has 0 amide bonds. The minimum Gasteiger partial charge on any atom is -0.400 e. The lowest BCUT2D eigenvalue weighted by atomic mass is 10.1. The number of hydrogen-bond acceptors (Lipinski definition) is 5. The summed E-state index contributed by atoms with van der Waals surface area (Å²) in [5, 5.41) is 18.2. The van der Waals surface area contributed by atoms with E-state index in [1.165, 1.54) is 5.56 Å². The zero-order chi connectivity index (χ0) is 25.5. The lowest BCUT2D eigenvalue weighted by Crippen LogP contribution is -1.86. The fraction of sp³-hybridized carbons (Fsp3) is 0.222. The molecule has 0 spiro atoms. The minimum atomic E-state index is 0.250. The van der Waals surface area contributed by atoms with Crippen molar-refractivity contribution in [1.82, 2.24) is 24.9 Å². The zero-order valence-electron chi connectivity index (χ0n) is 20.5. The third-order valence-corrected chi connectivity index (χ3v) is 5.50. The van der Waals surface area contributed by atoms with E-state index in [0.717, 1.165) is 62.2 Å². The number of benzene rings is 2. The number of halogens is 1. The molecule has 0 bridgehead atoms. The lowest BCUT2D eigenvalue weighted by molar-refractivity contribution is 0.318. The first-order valence-electron chi connectivity index (χ1n) is 11.5. The van der Waals surface area contributed by atoms with Crippen LogP contribution in [0.25, 0.3) is 55.1 Å². The zero-order valence-corrected chi connectivity index (χ0v) is 21.3. The number of fused-ring (bicyclic) bond motifs is 7. The number of hydrogen-bond donors (Lipinski definition) is 4. The molecule has 4 N–H and O–H groups in total. The van der Waals surface area contributed by atoms with Gasteiger partial charge < -0.3 is 20.2 Å². The van der Waals surface area contributed by atoms with Crippen molar-refractivity contribution in [3.63, 3.8) is 0 Å². The molecule has 0 aliphatic heterocycles. The van der Waals surface area contributed by atoms with Gasteiger partial charge in [-0.25, -0.2) is 4.98 Å². The third kappa shape index (κ3) is 4.84. The van der Waals surface area contributed by atoms with Crippen LogP contribution < -0.4 is 0 Å². The Hall–Kier alpha value is -3.52. The van der Waals surface area contributed by atoms with E-state index in [2.05, 4.69) is 39.0 Å². The average molecular weight is 492 g/mol. The molecule has 6 aromatic rings. The third-order valence-electron chi connectivity index (χ3n) is 5.21. The molecule has 0 aliphatic rings. The van der Waals surface area contributed by atoms with Crippen LogP contribution in [0.4, 0.5) is 0 Å². The fourth-order valence-corrected chi connectivity index (χ4v) is 4.26. The van der Waals surface area contributed by atoms with Crippen molar-refractivity contribution in [3.05, 3.63) is 65.6 Å². The smallest absolute Gasteiger partial charge is 0.142 e. The number of rotatable bonds is 1. The standard InChI is InChI=1S/C22H14ClN5.C2H6O.C2H6.CH4O/c1-11-6-7-15-14(10-11)16(21(23)26-15)22-27-19-12-4-2-8-24-17(12)18-13(20(19)28-22)5-3-9-25-18;1-2-3;2*1-2/h2-10,26H,1H3,(H,27,28);3H,2H2,1H3;1-2H3;2H,1H3. The van der Waals surface area contributed by atoms with Crippen molar-refractivity contribution in [2.24, 2.45) is 0 Å². The molecule has 8 heteroatoms. The molecule has 0 fully saturated rings. The molecular formula is C27H30ClN5O2. The van der Waals surface area contributed by atoms with Gasteiger partial charge in [0, 0.05) is 47.8 Å². The Morgan fingerprint density at radius 3 is 2.11 bits per heavy atom. The Kier molecular flexibility index (Phi) is 8.76. The molecule has 35 heavy (non-hydrogen) atoms. The first-order chi connectivity index (χ1) is 17.1. The molecule has 0 saturated heterocycles. The van der Waals surface area contributed by atoms with Gasteiger partial charge in [-0.1, -0.05) is 37.1 Å². The van der Waals surface area contributed by atoms with Crippen LogP contribution in [-0.4, -0.2) is 48.8 Å². The average Bonchev–Trinajstić information content (AvgIpc) is 3.47. The predicted molar refractivity (Wildman–Crippen MR) is 146 cm³/mol. The normalized spacial score (nSPS) is 10.4. The van der Waals surface area contributed by atoms with Crippen LogP contribution in [0, 0.1) is 6.92 Å². The maximum Gasteiger partial charge on any atom is 0.142 e. The summed E-state index contributed by atoms with van der Waals surface area (Å²) in [7, 11) is 1.00. The molecule has 182 valence electrons. The molecule has 4 heterocycles. The van der Waals surface area contributed by atoms with Gasteiger partial charge in [0.25, 0.3) is 0 Å². The number of aromatic nitrogens is 5. The molecule has 0 atom stereocenters. The van der Waals surface area contributed by atoms with E-state index in [1.54, 1.807) is 19.3 Å². The van der Waals surface area contributed by atoms with E-state index in [0.29, 0.717) is 5.15 Å². The van der Waals surface area contributed by atoms with Crippen LogP contribution in [0.5, 0.6) is 0 Å². The van der Waals surface area contributed by atoms with Crippen molar-refractivity contribution in [2.45, 2.75) is 27.7 Å². The summed E-state index contributed by atoms with van der Waals surface area (Å²) in [6.45, 7) is 8.00. The van der Waals surface area contributed by atoms with E-state index < -0.39 is 0 Å². The van der Waals surface area contributed by atoms with Gasteiger partial charge in [0.2, 0.25) is 0 Å². The SMILES string of the molecule is CC.CCO.CO.Cc1ccc2[nH]c(Cl)c(-c3nc4c5cccnc5c5ncccc5c4[nH]3)c2c1. The van der Waals surface area contributed by atoms with Gasteiger partial charge in [-0.05, 0) is 50.2 Å². The summed E-state index contributed by atoms with van der Waals surface area (Å²) in [6.07, 6.45) is 3.58. The summed E-state index contributed by atoms with van der Waals surface area (Å²) in [6, 6.07) is 14.2. The number of H-pyrrole nitrogens is 2. The summed E-state index contributed by atoms with van der Waals surface area (Å²) in [5.41, 5.74) is 6.57.